The van der Waals surface area contributed by atoms with Crippen LogP contribution < -0.4 is 9.47 Å². The fourth-order valence-corrected chi connectivity index (χ4v) is 3.61. The molecule has 0 atom stereocenters. The number of fused-ring (bicyclic) bond motifs is 3. The van der Waals surface area contributed by atoms with Crippen molar-refractivity contribution >= 4 is 28.2 Å². The third kappa shape index (κ3) is 3.16. The lowest BCUT2D eigenvalue weighted by Crippen LogP contribution is -2.08. The van der Waals surface area contributed by atoms with Gasteiger partial charge in [0.05, 0.1) is 48.7 Å². The maximum Gasteiger partial charge on any atom is 0.340 e. The molecular formula is C24H21NO5. The number of carbonyl (C=O) groups excluding carboxylic acids is 2. The summed E-state index contributed by atoms with van der Waals surface area (Å²) in [7, 11) is 3.05. The molecule has 2 heterocycles. The topological polar surface area (TPSA) is 66.2 Å². The molecule has 2 aromatic carbocycles. The molecule has 4 rings (SSSR count). The normalized spacial score (nSPS) is 10.9. The van der Waals surface area contributed by atoms with E-state index in [9.17, 15) is 9.59 Å². The lowest BCUT2D eigenvalue weighted by molar-refractivity contribution is 0.0529. The Bertz CT molecular complexity index is 1270. The van der Waals surface area contributed by atoms with Crippen LogP contribution in [0.2, 0.25) is 0 Å². The Morgan fingerprint density at radius 3 is 2.40 bits per heavy atom. The number of hydrogen-bond acceptors (Lipinski definition) is 5. The molecule has 0 aliphatic carbocycles. The van der Waals surface area contributed by atoms with E-state index in [1.54, 1.807) is 42.7 Å². The number of aromatic nitrogens is 1. The van der Waals surface area contributed by atoms with Crippen LogP contribution in [0.5, 0.6) is 11.5 Å². The second kappa shape index (κ2) is 7.91. The Balaban J connectivity index is 1.99. The fraction of sp³-hybridized carbons (Fsp3) is 0.167. The van der Waals surface area contributed by atoms with Gasteiger partial charge in [-0.15, -0.1) is 0 Å². The molecule has 0 saturated heterocycles. The Hall–Kier alpha value is -3.80. The molecule has 0 aliphatic rings. The predicted octanol–water partition coefficient (Wildman–Crippen LogP) is 4.52. The average molecular weight is 403 g/mol. The van der Waals surface area contributed by atoms with Crippen molar-refractivity contribution in [2.24, 2.45) is 0 Å². The number of hydrogen-bond donors (Lipinski definition) is 0. The number of ether oxygens (including phenoxy) is 3. The fourth-order valence-electron chi connectivity index (χ4n) is 3.61. The number of esters is 1. The van der Waals surface area contributed by atoms with Crippen molar-refractivity contribution in [2.45, 2.75) is 6.92 Å². The second-order valence-corrected chi connectivity index (χ2v) is 6.67. The van der Waals surface area contributed by atoms with Gasteiger partial charge in [0.25, 0.3) is 0 Å². The molecule has 4 aromatic rings. The smallest absolute Gasteiger partial charge is 0.340 e. The van der Waals surface area contributed by atoms with Crippen molar-refractivity contribution < 1.29 is 23.8 Å². The molecule has 0 spiro atoms. The maximum absolute atomic E-state index is 13.6. The number of para-hydroxylation sites is 1. The number of methoxy groups -OCH3 is 2. The molecule has 0 N–H and O–H groups in total. The Morgan fingerprint density at radius 2 is 1.67 bits per heavy atom. The lowest BCUT2D eigenvalue weighted by atomic mass is 10.1. The Morgan fingerprint density at radius 1 is 0.867 bits per heavy atom. The van der Waals surface area contributed by atoms with Gasteiger partial charge in [0, 0.05) is 6.07 Å². The van der Waals surface area contributed by atoms with Gasteiger partial charge in [0.1, 0.15) is 11.5 Å². The molecule has 0 amide bonds. The Kier molecular flexibility index (Phi) is 5.14. The average Bonchev–Trinajstić information content (AvgIpc) is 3.18. The third-order valence-corrected chi connectivity index (χ3v) is 5.02. The highest BCUT2D eigenvalue weighted by Gasteiger charge is 2.24. The van der Waals surface area contributed by atoms with Crippen LogP contribution in [0.15, 0.2) is 60.7 Å². The van der Waals surface area contributed by atoms with E-state index in [1.807, 2.05) is 36.4 Å². The molecule has 0 radical (unpaired) electrons. The van der Waals surface area contributed by atoms with E-state index in [4.69, 9.17) is 14.2 Å². The largest absolute Gasteiger partial charge is 0.497 e. The summed E-state index contributed by atoms with van der Waals surface area (Å²) < 4.78 is 17.7. The molecule has 6 heteroatoms. The molecular weight excluding hydrogens is 382 g/mol. The van der Waals surface area contributed by atoms with Gasteiger partial charge >= 0.3 is 5.97 Å². The van der Waals surface area contributed by atoms with Crippen LogP contribution in [-0.4, -0.2) is 37.0 Å². The molecule has 2 aromatic heterocycles. The molecule has 0 aliphatic heterocycles. The van der Waals surface area contributed by atoms with E-state index >= 15 is 0 Å². The summed E-state index contributed by atoms with van der Waals surface area (Å²) in [6.07, 6.45) is 0. The van der Waals surface area contributed by atoms with Crippen molar-refractivity contribution in [1.29, 1.82) is 0 Å². The van der Waals surface area contributed by atoms with E-state index in [2.05, 4.69) is 0 Å². The van der Waals surface area contributed by atoms with Crippen LogP contribution in [0, 0.1) is 0 Å². The zero-order chi connectivity index (χ0) is 21.3. The molecule has 0 fully saturated rings. The van der Waals surface area contributed by atoms with Crippen molar-refractivity contribution in [2.75, 3.05) is 20.8 Å². The highest BCUT2D eigenvalue weighted by atomic mass is 16.5. The van der Waals surface area contributed by atoms with Gasteiger partial charge in [0.15, 0.2) is 0 Å². The summed E-state index contributed by atoms with van der Waals surface area (Å²) in [4.78, 5) is 26.2. The van der Waals surface area contributed by atoms with Gasteiger partial charge in [0.2, 0.25) is 5.78 Å². The minimum absolute atomic E-state index is 0.249. The van der Waals surface area contributed by atoms with E-state index in [1.165, 1.54) is 7.11 Å². The summed E-state index contributed by atoms with van der Waals surface area (Å²) in [5.41, 5.74) is 2.51. The zero-order valence-electron chi connectivity index (χ0n) is 17.0. The van der Waals surface area contributed by atoms with Crippen molar-refractivity contribution in [1.82, 2.24) is 4.40 Å². The number of nitrogens with zero attached hydrogens (tertiary/aromatic N) is 1. The van der Waals surface area contributed by atoms with Crippen LogP contribution >= 0.6 is 0 Å². The summed E-state index contributed by atoms with van der Waals surface area (Å²) >= 11 is 0. The van der Waals surface area contributed by atoms with Crippen molar-refractivity contribution in [3.63, 3.8) is 0 Å². The predicted molar refractivity (Wildman–Crippen MR) is 114 cm³/mol. The van der Waals surface area contributed by atoms with Crippen LogP contribution in [0.1, 0.15) is 33.3 Å². The van der Waals surface area contributed by atoms with Crippen LogP contribution in [-0.2, 0) is 4.74 Å². The number of rotatable bonds is 6. The van der Waals surface area contributed by atoms with Crippen molar-refractivity contribution in [3.8, 4) is 11.5 Å². The first-order valence-corrected chi connectivity index (χ1v) is 9.56. The number of carbonyl (C=O) groups is 2. The highest BCUT2D eigenvalue weighted by molar-refractivity contribution is 6.13. The number of pyridine rings is 1. The minimum Gasteiger partial charge on any atom is -0.497 e. The van der Waals surface area contributed by atoms with E-state index in [0.29, 0.717) is 33.8 Å². The molecule has 0 unspecified atom stereocenters. The van der Waals surface area contributed by atoms with Gasteiger partial charge in [-0.3, -0.25) is 4.79 Å². The van der Waals surface area contributed by atoms with E-state index in [-0.39, 0.29) is 12.4 Å². The van der Waals surface area contributed by atoms with E-state index < -0.39 is 5.97 Å². The standard InChI is InChI=1S/C24H21NO5/c1-4-30-24(27)18-14-21(23(26)17-11-10-16(28-2)13-22(17)29-3)25-19-8-6-5-7-15(19)9-12-20(18)25/h5-14H,4H2,1-3H3. The third-order valence-electron chi connectivity index (χ3n) is 5.02. The lowest BCUT2D eigenvalue weighted by Gasteiger charge is -2.11. The first kappa shape index (κ1) is 19.5. The molecule has 152 valence electrons. The highest BCUT2D eigenvalue weighted by Crippen LogP contribution is 2.30. The maximum atomic E-state index is 13.6. The number of ketones is 1. The Labute approximate surface area is 173 Å². The summed E-state index contributed by atoms with van der Waals surface area (Å²) in [6.45, 7) is 2.00. The van der Waals surface area contributed by atoms with Crippen LogP contribution in [0.4, 0.5) is 0 Å². The summed E-state index contributed by atoms with van der Waals surface area (Å²) in [5, 5.41) is 0.951. The van der Waals surface area contributed by atoms with Gasteiger partial charge in [-0.05, 0) is 42.6 Å². The monoisotopic (exact) mass is 403 g/mol. The second-order valence-electron chi connectivity index (χ2n) is 6.67. The van der Waals surface area contributed by atoms with Gasteiger partial charge in [-0.2, -0.15) is 0 Å². The molecule has 0 saturated carbocycles. The molecule has 6 nitrogen and oxygen atoms in total. The van der Waals surface area contributed by atoms with E-state index in [0.717, 1.165) is 10.9 Å². The van der Waals surface area contributed by atoms with Crippen molar-refractivity contribution in [3.05, 3.63) is 77.5 Å². The van der Waals surface area contributed by atoms with Gasteiger partial charge < -0.3 is 18.6 Å². The minimum atomic E-state index is -0.467. The first-order chi connectivity index (χ1) is 14.6. The quantitative estimate of drug-likeness (QED) is 0.350. The van der Waals surface area contributed by atoms with Crippen LogP contribution in [0.3, 0.4) is 0 Å². The molecule has 0 bridgehead atoms. The zero-order valence-corrected chi connectivity index (χ0v) is 17.0. The summed E-state index contributed by atoms with van der Waals surface area (Å²) in [5.74, 6) is 0.246. The van der Waals surface area contributed by atoms with Gasteiger partial charge in [-0.1, -0.05) is 24.3 Å². The van der Waals surface area contributed by atoms with Crippen LogP contribution in [0.25, 0.3) is 16.4 Å². The number of benzene rings is 2. The molecule has 30 heavy (non-hydrogen) atoms. The SMILES string of the molecule is CCOC(=O)c1cc(C(=O)c2ccc(OC)cc2OC)n2c1ccc1ccccc12. The summed E-state index contributed by atoms with van der Waals surface area (Å²) in [6, 6.07) is 18.1. The first-order valence-electron chi connectivity index (χ1n) is 9.56. The van der Waals surface area contributed by atoms with Gasteiger partial charge in [-0.25, -0.2) is 4.79 Å².